The van der Waals surface area contributed by atoms with Crippen molar-refractivity contribution < 1.29 is 13.6 Å². The number of nitrogens with one attached hydrogen (secondary N) is 1. The molecule has 0 aliphatic rings. The molecule has 0 unspecified atom stereocenters. The maximum Gasteiger partial charge on any atom is 0.254 e. The molecular formula is C13H12F2N2O. The molecule has 0 aliphatic carbocycles. The monoisotopic (exact) mass is 250 g/mol. The molecule has 18 heavy (non-hydrogen) atoms. The van der Waals surface area contributed by atoms with Gasteiger partial charge in [0.05, 0.1) is 5.56 Å². The molecule has 0 bridgehead atoms. The smallest absolute Gasteiger partial charge is 0.254 e. The van der Waals surface area contributed by atoms with Crippen LogP contribution in [0.2, 0.25) is 0 Å². The van der Waals surface area contributed by atoms with E-state index in [1.54, 1.807) is 0 Å². The highest BCUT2D eigenvalue weighted by atomic mass is 19.2. The van der Waals surface area contributed by atoms with E-state index in [1.165, 1.54) is 12.1 Å². The van der Waals surface area contributed by atoms with Crippen molar-refractivity contribution in [2.75, 3.05) is 0 Å². The zero-order valence-electron chi connectivity index (χ0n) is 9.78. The van der Waals surface area contributed by atoms with Crippen molar-refractivity contribution in [2.24, 2.45) is 7.05 Å². The Morgan fingerprint density at radius 1 is 1.33 bits per heavy atom. The Morgan fingerprint density at radius 3 is 2.78 bits per heavy atom. The normalized spacial score (nSPS) is 10.4. The van der Waals surface area contributed by atoms with Gasteiger partial charge in [0.25, 0.3) is 5.91 Å². The molecule has 1 heterocycles. The quantitative estimate of drug-likeness (QED) is 0.890. The van der Waals surface area contributed by atoms with Crippen LogP contribution >= 0.6 is 0 Å². The van der Waals surface area contributed by atoms with Gasteiger partial charge in [0.15, 0.2) is 11.6 Å². The summed E-state index contributed by atoms with van der Waals surface area (Å²) in [5.74, 6) is -2.78. The van der Waals surface area contributed by atoms with Gasteiger partial charge in [-0.2, -0.15) is 0 Å². The first-order chi connectivity index (χ1) is 8.58. The number of aryl methyl sites for hydroxylation is 1. The summed E-state index contributed by atoms with van der Waals surface area (Å²) in [7, 11) is 1.86. The van der Waals surface area contributed by atoms with Crippen molar-refractivity contribution >= 4 is 5.91 Å². The summed E-state index contributed by atoms with van der Waals surface area (Å²) in [5.41, 5.74) is 0.605. The third-order valence-corrected chi connectivity index (χ3v) is 2.54. The Labute approximate surface area is 103 Å². The largest absolute Gasteiger partial charge is 0.357 e. The average molecular weight is 250 g/mol. The molecule has 94 valence electrons. The van der Waals surface area contributed by atoms with Crippen LogP contribution in [0.1, 0.15) is 15.9 Å². The maximum absolute atomic E-state index is 13.3. The number of hydrogen-bond acceptors (Lipinski definition) is 1. The first kappa shape index (κ1) is 12.3. The SMILES string of the molecule is Cn1ccc(CNC(=O)c2cccc(F)c2F)c1. The molecule has 2 rings (SSSR count). The number of benzene rings is 1. The van der Waals surface area contributed by atoms with E-state index in [1.807, 2.05) is 30.1 Å². The van der Waals surface area contributed by atoms with Gasteiger partial charge < -0.3 is 9.88 Å². The van der Waals surface area contributed by atoms with Crippen molar-refractivity contribution in [2.45, 2.75) is 6.54 Å². The number of aromatic nitrogens is 1. The highest BCUT2D eigenvalue weighted by molar-refractivity contribution is 5.94. The molecule has 3 nitrogen and oxygen atoms in total. The minimum Gasteiger partial charge on any atom is -0.357 e. The van der Waals surface area contributed by atoms with Gasteiger partial charge in [-0.25, -0.2) is 8.78 Å². The number of hydrogen-bond donors (Lipinski definition) is 1. The van der Waals surface area contributed by atoms with E-state index in [2.05, 4.69) is 5.32 Å². The Balaban J connectivity index is 2.06. The van der Waals surface area contributed by atoms with Crippen LogP contribution in [-0.4, -0.2) is 10.5 Å². The van der Waals surface area contributed by atoms with Gasteiger partial charge in [0.2, 0.25) is 0 Å². The third kappa shape index (κ3) is 2.56. The number of carbonyl (C=O) groups is 1. The van der Waals surface area contributed by atoms with Gasteiger partial charge in [0, 0.05) is 26.0 Å². The van der Waals surface area contributed by atoms with Crippen LogP contribution in [0, 0.1) is 11.6 Å². The van der Waals surface area contributed by atoms with E-state index >= 15 is 0 Å². The zero-order chi connectivity index (χ0) is 13.1. The third-order valence-electron chi connectivity index (χ3n) is 2.54. The average Bonchev–Trinajstić information content (AvgIpc) is 2.76. The predicted molar refractivity (Wildman–Crippen MR) is 62.9 cm³/mol. The zero-order valence-corrected chi connectivity index (χ0v) is 9.78. The van der Waals surface area contributed by atoms with Crippen molar-refractivity contribution in [3.05, 3.63) is 59.4 Å². The van der Waals surface area contributed by atoms with Crippen LogP contribution in [0.15, 0.2) is 36.7 Å². The van der Waals surface area contributed by atoms with Crippen LogP contribution in [0.3, 0.4) is 0 Å². The Hall–Kier alpha value is -2.17. The first-order valence-corrected chi connectivity index (χ1v) is 5.41. The highest BCUT2D eigenvalue weighted by Crippen LogP contribution is 2.11. The standard InChI is InChI=1S/C13H12F2N2O/c1-17-6-5-9(8-17)7-16-13(18)10-3-2-4-11(14)12(10)15/h2-6,8H,7H2,1H3,(H,16,18). The summed E-state index contributed by atoms with van der Waals surface area (Å²) < 4.78 is 28.1. The van der Waals surface area contributed by atoms with E-state index in [9.17, 15) is 13.6 Å². The number of rotatable bonds is 3. The molecule has 0 atom stereocenters. The Kier molecular flexibility index (Phi) is 3.41. The summed E-state index contributed by atoms with van der Waals surface area (Å²) in [5, 5.41) is 2.54. The van der Waals surface area contributed by atoms with Gasteiger partial charge in [-0.15, -0.1) is 0 Å². The summed E-state index contributed by atoms with van der Waals surface area (Å²) in [6.07, 6.45) is 3.67. The molecule has 5 heteroatoms. The molecule has 0 fully saturated rings. The van der Waals surface area contributed by atoms with Gasteiger partial charge in [-0.05, 0) is 23.8 Å². The fourth-order valence-corrected chi connectivity index (χ4v) is 1.62. The van der Waals surface area contributed by atoms with Gasteiger partial charge in [-0.3, -0.25) is 4.79 Å². The minimum atomic E-state index is -1.12. The molecule has 0 aliphatic heterocycles. The van der Waals surface area contributed by atoms with Crippen LogP contribution in [-0.2, 0) is 13.6 Å². The van der Waals surface area contributed by atoms with E-state index < -0.39 is 17.5 Å². The lowest BCUT2D eigenvalue weighted by atomic mass is 10.2. The lowest BCUT2D eigenvalue weighted by Crippen LogP contribution is -2.24. The summed E-state index contributed by atoms with van der Waals surface area (Å²) in [6.45, 7) is 0.273. The van der Waals surface area contributed by atoms with E-state index in [-0.39, 0.29) is 12.1 Å². The first-order valence-electron chi connectivity index (χ1n) is 5.41. The van der Waals surface area contributed by atoms with Gasteiger partial charge in [0.1, 0.15) is 0 Å². The Bertz CT molecular complexity index is 578. The lowest BCUT2D eigenvalue weighted by molar-refractivity contribution is 0.0946. The predicted octanol–water partition coefficient (Wildman–Crippen LogP) is 2.23. The van der Waals surface area contributed by atoms with Crippen LogP contribution in [0.4, 0.5) is 8.78 Å². The van der Waals surface area contributed by atoms with Gasteiger partial charge in [-0.1, -0.05) is 6.07 Å². The topological polar surface area (TPSA) is 34.0 Å². The summed E-state index contributed by atoms with van der Waals surface area (Å²) in [4.78, 5) is 11.7. The minimum absolute atomic E-state index is 0.273. The molecular weight excluding hydrogens is 238 g/mol. The van der Waals surface area contributed by atoms with Crippen LogP contribution < -0.4 is 5.32 Å². The molecule has 1 N–H and O–H groups in total. The summed E-state index contributed by atoms with van der Waals surface area (Å²) >= 11 is 0. The molecule has 1 aromatic carbocycles. The second kappa shape index (κ2) is 5.00. The number of amides is 1. The van der Waals surface area contributed by atoms with Gasteiger partial charge >= 0.3 is 0 Å². The van der Waals surface area contributed by atoms with E-state index in [0.717, 1.165) is 11.6 Å². The molecule has 0 spiro atoms. The van der Waals surface area contributed by atoms with Crippen molar-refractivity contribution in [1.82, 2.24) is 9.88 Å². The van der Waals surface area contributed by atoms with Crippen molar-refractivity contribution in [1.29, 1.82) is 0 Å². The summed E-state index contributed by atoms with van der Waals surface area (Å²) in [6, 6.07) is 5.36. The van der Waals surface area contributed by atoms with Crippen molar-refractivity contribution in [3.63, 3.8) is 0 Å². The van der Waals surface area contributed by atoms with E-state index in [0.29, 0.717) is 0 Å². The van der Waals surface area contributed by atoms with E-state index in [4.69, 9.17) is 0 Å². The fourth-order valence-electron chi connectivity index (χ4n) is 1.62. The number of carbonyl (C=O) groups excluding carboxylic acids is 1. The molecule has 0 saturated carbocycles. The molecule has 0 radical (unpaired) electrons. The molecule has 0 saturated heterocycles. The van der Waals surface area contributed by atoms with Crippen LogP contribution in [0.25, 0.3) is 0 Å². The molecule has 1 amide bonds. The molecule has 2 aromatic rings. The molecule has 1 aromatic heterocycles. The fraction of sp³-hybridized carbons (Fsp3) is 0.154. The number of nitrogens with zero attached hydrogens (tertiary/aromatic N) is 1. The highest BCUT2D eigenvalue weighted by Gasteiger charge is 2.14. The second-order valence-electron chi connectivity index (χ2n) is 3.97. The van der Waals surface area contributed by atoms with Crippen LogP contribution in [0.5, 0.6) is 0 Å². The second-order valence-corrected chi connectivity index (χ2v) is 3.97. The number of halogens is 2. The van der Waals surface area contributed by atoms with Crippen molar-refractivity contribution in [3.8, 4) is 0 Å². The lowest BCUT2D eigenvalue weighted by Gasteiger charge is -2.05. The Morgan fingerprint density at radius 2 is 2.11 bits per heavy atom. The maximum atomic E-state index is 13.3.